The van der Waals surface area contributed by atoms with E-state index < -0.39 is 0 Å². The molecule has 70 valence electrons. The van der Waals surface area contributed by atoms with Crippen LogP contribution in [0.2, 0.25) is 0 Å². The monoisotopic (exact) mass is 180 g/mol. The standard InChI is InChI=1S/C9H12N2O2/c1-10-11-6-7-3-4-9(13-2)8(12)5-7/h3-6,10,12H,1-2H3/b11-6+. The molecular weight excluding hydrogens is 168 g/mol. The van der Waals surface area contributed by atoms with Crippen molar-refractivity contribution in [3.05, 3.63) is 23.8 Å². The highest BCUT2D eigenvalue weighted by Gasteiger charge is 1.99. The van der Waals surface area contributed by atoms with E-state index in [2.05, 4.69) is 10.5 Å². The van der Waals surface area contributed by atoms with Crippen molar-refractivity contribution in [2.75, 3.05) is 14.2 Å². The van der Waals surface area contributed by atoms with Gasteiger partial charge in [0.25, 0.3) is 0 Å². The number of hydrogen-bond donors (Lipinski definition) is 2. The summed E-state index contributed by atoms with van der Waals surface area (Å²) in [5, 5.41) is 13.2. The normalized spacial score (nSPS) is 10.3. The Balaban J connectivity index is 2.89. The average Bonchev–Trinajstić information content (AvgIpc) is 2.15. The van der Waals surface area contributed by atoms with Crippen LogP contribution in [0.25, 0.3) is 0 Å². The van der Waals surface area contributed by atoms with Gasteiger partial charge in [-0.15, -0.1) is 0 Å². The lowest BCUT2D eigenvalue weighted by Crippen LogP contribution is -1.94. The van der Waals surface area contributed by atoms with Crippen molar-refractivity contribution in [1.82, 2.24) is 5.43 Å². The number of phenols is 1. The van der Waals surface area contributed by atoms with Crippen LogP contribution in [-0.2, 0) is 0 Å². The van der Waals surface area contributed by atoms with Crippen LogP contribution in [-0.4, -0.2) is 25.5 Å². The third-order valence-electron chi connectivity index (χ3n) is 1.55. The van der Waals surface area contributed by atoms with E-state index in [0.29, 0.717) is 5.75 Å². The van der Waals surface area contributed by atoms with Crippen LogP contribution in [0.3, 0.4) is 0 Å². The van der Waals surface area contributed by atoms with Gasteiger partial charge in [0.1, 0.15) is 0 Å². The van der Waals surface area contributed by atoms with Crippen molar-refractivity contribution in [2.24, 2.45) is 5.10 Å². The minimum Gasteiger partial charge on any atom is -0.504 e. The molecule has 0 unspecified atom stereocenters. The smallest absolute Gasteiger partial charge is 0.160 e. The molecule has 4 nitrogen and oxygen atoms in total. The number of rotatable bonds is 3. The first kappa shape index (κ1) is 9.38. The Hall–Kier alpha value is -1.71. The number of phenolic OH excluding ortho intramolecular Hbond substituents is 1. The molecule has 1 aromatic rings. The van der Waals surface area contributed by atoms with Crippen LogP contribution in [0.15, 0.2) is 23.3 Å². The summed E-state index contributed by atoms with van der Waals surface area (Å²) in [6, 6.07) is 5.07. The highest BCUT2D eigenvalue weighted by atomic mass is 16.5. The highest BCUT2D eigenvalue weighted by Crippen LogP contribution is 2.25. The summed E-state index contributed by atoms with van der Waals surface area (Å²) in [6.45, 7) is 0. The second-order valence-corrected chi connectivity index (χ2v) is 2.41. The van der Waals surface area contributed by atoms with E-state index in [4.69, 9.17) is 4.74 Å². The molecule has 0 fully saturated rings. The number of aromatic hydroxyl groups is 1. The average molecular weight is 180 g/mol. The molecule has 0 aliphatic rings. The van der Waals surface area contributed by atoms with Gasteiger partial charge in [0, 0.05) is 7.05 Å². The van der Waals surface area contributed by atoms with Gasteiger partial charge in [-0.2, -0.15) is 5.10 Å². The highest BCUT2D eigenvalue weighted by molar-refractivity contribution is 5.80. The predicted octanol–water partition coefficient (Wildman–Crippen LogP) is 0.954. The third kappa shape index (κ3) is 2.37. The molecule has 0 bridgehead atoms. The van der Waals surface area contributed by atoms with Gasteiger partial charge < -0.3 is 15.3 Å². The Morgan fingerprint density at radius 2 is 2.31 bits per heavy atom. The van der Waals surface area contributed by atoms with Crippen molar-refractivity contribution in [3.63, 3.8) is 0 Å². The molecule has 0 spiro atoms. The fourth-order valence-electron chi connectivity index (χ4n) is 0.926. The zero-order chi connectivity index (χ0) is 9.68. The van der Waals surface area contributed by atoms with Crippen LogP contribution in [0.5, 0.6) is 11.5 Å². The maximum absolute atomic E-state index is 9.38. The number of nitrogens with zero attached hydrogens (tertiary/aromatic N) is 1. The lowest BCUT2D eigenvalue weighted by Gasteiger charge is -2.02. The minimum atomic E-state index is 0.113. The summed E-state index contributed by atoms with van der Waals surface area (Å²) in [5.74, 6) is 0.573. The predicted molar refractivity (Wildman–Crippen MR) is 51.3 cm³/mol. The summed E-state index contributed by atoms with van der Waals surface area (Å²) in [4.78, 5) is 0. The van der Waals surface area contributed by atoms with E-state index in [1.807, 2.05) is 0 Å². The minimum absolute atomic E-state index is 0.113. The SMILES string of the molecule is CN/N=C/c1ccc(OC)c(O)c1. The third-order valence-corrected chi connectivity index (χ3v) is 1.55. The molecule has 0 saturated heterocycles. The lowest BCUT2D eigenvalue weighted by atomic mass is 10.2. The second-order valence-electron chi connectivity index (χ2n) is 2.41. The van der Waals surface area contributed by atoms with E-state index in [9.17, 15) is 5.11 Å². The molecule has 0 saturated carbocycles. The molecular formula is C9H12N2O2. The molecule has 0 heterocycles. The van der Waals surface area contributed by atoms with Crippen molar-refractivity contribution < 1.29 is 9.84 Å². The van der Waals surface area contributed by atoms with Crippen molar-refractivity contribution in [2.45, 2.75) is 0 Å². The van der Waals surface area contributed by atoms with E-state index in [1.165, 1.54) is 7.11 Å². The molecule has 0 aromatic heterocycles. The zero-order valence-electron chi connectivity index (χ0n) is 7.61. The molecule has 0 aliphatic heterocycles. The van der Waals surface area contributed by atoms with Crippen molar-refractivity contribution >= 4 is 6.21 Å². The molecule has 0 aliphatic carbocycles. The Morgan fingerprint density at radius 1 is 1.54 bits per heavy atom. The first-order chi connectivity index (χ1) is 6.27. The Labute approximate surface area is 76.8 Å². The molecule has 0 amide bonds. The fourth-order valence-corrected chi connectivity index (χ4v) is 0.926. The van der Waals surface area contributed by atoms with Crippen LogP contribution in [0.1, 0.15) is 5.56 Å². The van der Waals surface area contributed by atoms with Crippen molar-refractivity contribution in [3.8, 4) is 11.5 Å². The topological polar surface area (TPSA) is 53.9 Å². The van der Waals surface area contributed by atoms with Gasteiger partial charge in [0.2, 0.25) is 0 Å². The molecule has 1 aromatic carbocycles. The Bertz CT molecular complexity index is 310. The van der Waals surface area contributed by atoms with E-state index in [0.717, 1.165) is 5.56 Å². The molecule has 13 heavy (non-hydrogen) atoms. The summed E-state index contributed by atoms with van der Waals surface area (Å²) in [5.41, 5.74) is 3.43. The second kappa shape index (κ2) is 4.35. The summed E-state index contributed by atoms with van der Waals surface area (Å²) in [6.07, 6.45) is 1.61. The molecule has 4 heteroatoms. The van der Waals surface area contributed by atoms with Gasteiger partial charge in [0.15, 0.2) is 11.5 Å². The zero-order valence-corrected chi connectivity index (χ0v) is 7.61. The molecule has 0 atom stereocenters. The quantitative estimate of drug-likeness (QED) is 0.538. The first-order valence-electron chi connectivity index (χ1n) is 3.84. The Morgan fingerprint density at radius 3 is 2.85 bits per heavy atom. The Kier molecular flexibility index (Phi) is 3.14. The summed E-state index contributed by atoms with van der Waals surface area (Å²) >= 11 is 0. The molecule has 1 rings (SSSR count). The van der Waals surface area contributed by atoms with Crippen LogP contribution < -0.4 is 10.2 Å². The van der Waals surface area contributed by atoms with Gasteiger partial charge >= 0.3 is 0 Å². The lowest BCUT2D eigenvalue weighted by molar-refractivity contribution is 0.373. The van der Waals surface area contributed by atoms with E-state index in [-0.39, 0.29) is 5.75 Å². The first-order valence-corrected chi connectivity index (χ1v) is 3.84. The van der Waals surface area contributed by atoms with Crippen LogP contribution >= 0.6 is 0 Å². The number of ether oxygens (including phenoxy) is 1. The van der Waals surface area contributed by atoms with Gasteiger partial charge in [-0.3, -0.25) is 0 Å². The van der Waals surface area contributed by atoms with Crippen molar-refractivity contribution in [1.29, 1.82) is 0 Å². The van der Waals surface area contributed by atoms with E-state index in [1.54, 1.807) is 31.5 Å². The van der Waals surface area contributed by atoms with Gasteiger partial charge in [0.05, 0.1) is 13.3 Å². The van der Waals surface area contributed by atoms with Gasteiger partial charge in [-0.25, -0.2) is 0 Å². The fraction of sp³-hybridized carbons (Fsp3) is 0.222. The maximum Gasteiger partial charge on any atom is 0.160 e. The number of hydrazone groups is 1. The van der Waals surface area contributed by atoms with Gasteiger partial charge in [-0.05, 0) is 23.8 Å². The number of methoxy groups -OCH3 is 1. The summed E-state index contributed by atoms with van der Waals surface area (Å²) < 4.78 is 4.89. The van der Waals surface area contributed by atoms with Crippen LogP contribution in [0.4, 0.5) is 0 Å². The largest absolute Gasteiger partial charge is 0.504 e. The number of nitrogens with one attached hydrogen (secondary N) is 1. The number of benzene rings is 1. The van der Waals surface area contributed by atoms with E-state index >= 15 is 0 Å². The number of hydrogen-bond acceptors (Lipinski definition) is 4. The summed E-state index contributed by atoms with van der Waals surface area (Å²) in [7, 11) is 3.22. The molecule has 0 radical (unpaired) electrons. The maximum atomic E-state index is 9.38. The van der Waals surface area contributed by atoms with Crippen LogP contribution in [0, 0.1) is 0 Å². The molecule has 2 N–H and O–H groups in total. The van der Waals surface area contributed by atoms with Gasteiger partial charge in [-0.1, -0.05) is 0 Å².